The molecular weight excluding hydrogens is 949 g/mol. The van der Waals surface area contributed by atoms with Crippen molar-refractivity contribution >= 4 is 49.8 Å². The monoisotopic (exact) mass is 976 g/mol. The van der Waals surface area contributed by atoms with Crippen molar-refractivity contribution in [2.75, 3.05) is 17.7 Å². The van der Waals surface area contributed by atoms with Crippen molar-refractivity contribution in [1.82, 2.24) is 9.55 Å². The summed E-state index contributed by atoms with van der Waals surface area (Å²) in [4.78, 5) is 91.4. The summed E-state index contributed by atoms with van der Waals surface area (Å²) in [6.45, 7) is -1.08. The zero-order valence-electron chi connectivity index (χ0n) is 35.1. The molecule has 2 aliphatic heterocycles. The topological polar surface area (TPSA) is 355 Å². The zero-order valence-corrected chi connectivity index (χ0v) is 46.9. The van der Waals surface area contributed by atoms with Crippen LogP contribution < -0.4 is 195 Å². The summed E-state index contributed by atoms with van der Waals surface area (Å²) in [6, 6.07) is 16.3. The maximum absolute atomic E-state index is 13.6. The molecule has 0 spiro atoms. The molecule has 0 bridgehead atoms. The standard InChI is InChI=1S/C37H32N4O17P2.5Na/c38-29-10-11-41(37(49)40-29)34-32(45)31(44)28(57-34)16-55-60(53,54)58-36(59(50,51)52)18-2-1-3-19(12-18)39-33(46)17-4-7-22(35(47)48)25(13-17)30-23-8-5-20(42)14-26(23)56-27-15-21(43)6-9-24(27)30;;;;;/h1-15,28,31-32,34,36,42,44-45H,16H2,(H,39,46)(H,47,48)(H,53,54)(H2,38,40,49)(H2,50,51,52);;;;;/q;5*+1/p-5/t28-,31-,32-,34-,36+;;;;;/m1...../s1. The molecule has 21 nitrogen and oxygen atoms in total. The first-order chi connectivity index (χ1) is 28.3. The number of aromatic nitrogens is 2. The van der Waals surface area contributed by atoms with Crippen molar-refractivity contribution in [2.24, 2.45) is 0 Å². The Bertz CT molecular complexity index is 2890. The fraction of sp³-hybridized carbons (Fsp3) is 0.162. The zero-order chi connectivity index (χ0) is 43.3. The number of hydrogen-bond donors (Lipinski definition) is 4. The van der Waals surface area contributed by atoms with Gasteiger partial charge in [0.15, 0.2) is 11.7 Å². The third-order valence-electron chi connectivity index (χ3n) is 9.24. The molecule has 1 aliphatic carbocycles. The van der Waals surface area contributed by atoms with E-state index in [9.17, 15) is 63.4 Å². The number of nitrogen functional groups attached to an aromatic ring is 1. The number of rotatable bonds is 12. The van der Waals surface area contributed by atoms with E-state index in [-0.39, 0.29) is 204 Å². The van der Waals surface area contributed by atoms with Crippen molar-refractivity contribution in [3.63, 3.8) is 0 Å². The van der Waals surface area contributed by atoms with Crippen LogP contribution in [0, 0.1) is 0 Å². The number of carboxylic acids is 1. The van der Waals surface area contributed by atoms with Crippen LogP contribution in [0.4, 0.5) is 11.5 Å². The molecule has 3 aliphatic rings. The van der Waals surface area contributed by atoms with Crippen LogP contribution in [0.25, 0.3) is 33.4 Å². The van der Waals surface area contributed by atoms with Crippen LogP contribution in [0.3, 0.4) is 0 Å². The number of amides is 1. The molecule has 1 saturated heterocycles. The molecule has 0 radical (unpaired) electrons. The molecule has 1 fully saturated rings. The Balaban J connectivity index is 0.00000290. The number of phosphoric acid groups is 1. The van der Waals surface area contributed by atoms with Crippen LogP contribution in [0.5, 0.6) is 5.75 Å². The minimum atomic E-state index is -6.01. The fourth-order valence-corrected chi connectivity index (χ4v) is 8.61. The minimum absolute atomic E-state index is 0. The van der Waals surface area contributed by atoms with Gasteiger partial charge in [-0.1, -0.05) is 30.3 Å². The minimum Gasteiger partial charge on any atom is -0.872 e. The van der Waals surface area contributed by atoms with E-state index >= 15 is 0 Å². The Morgan fingerprint density at radius 2 is 1.60 bits per heavy atom. The van der Waals surface area contributed by atoms with Gasteiger partial charge in [-0.3, -0.25) is 18.7 Å². The SMILES string of the molecule is Nc1ccn([C@@H]2O[C@H](COP(=O)([O-])O[C@H](c3cccc(NC(=O)c4ccc(C(=O)[O-])c(-c5c6ccc(=O)cc-6oc6cc([O-])ccc56)c4)c3)P(=O)([O-])[O-])[C@@H](O)[C@H]2O)c(=O)n1.[Na+].[Na+].[Na+].[Na+].[Na+]. The van der Waals surface area contributed by atoms with Crippen LogP contribution in [-0.2, 0) is 22.9 Å². The summed E-state index contributed by atoms with van der Waals surface area (Å²) < 4.78 is 46.6. The fourth-order valence-electron chi connectivity index (χ4n) is 6.52. The molecule has 3 heterocycles. The Morgan fingerprint density at radius 3 is 2.26 bits per heavy atom. The van der Waals surface area contributed by atoms with E-state index < -0.39 is 86.7 Å². The summed E-state index contributed by atoms with van der Waals surface area (Å²) in [6.07, 6.45) is -5.73. The first-order valence-electron chi connectivity index (χ1n) is 17.3. The van der Waals surface area contributed by atoms with E-state index in [2.05, 4.69) is 14.8 Å². The number of nitrogens with one attached hydrogen (secondary N) is 1. The number of aliphatic hydroxyl groups is 2. The van der Waals surface area contributed by atoms with Gasteiger partial charge in [-0.15, -0.1) is 5.75 Å². The van der Waals surface area contributed by atoms with Crippen LogP contribution in [-0.4, -0.2) is 56.6 Å². The molecule has 7 rings (SSSR count). The van der Waals surface area contributed by atoms with Crippen molar-refractivity contribution in [3.05, 3.63) is 129 Å². The summed E-state index contributed by atoms with van der Waals surface area (Å²) in [5, 5.41) is 48.1. The van der Waals surface area contributed by atoms with Gasteiger partial charge in [-0.25, -0.2) is 4.79 Å². The number of phosphoric ester groups is 1. The molecule has 5 N–H and O–H groups in total. The number of nitrogens with zero attached hydrogens (tertiary/aromatic N) is 2. The van der Waals surface area contributed by atoms with E-state index in [1.165, 1.54) is 42.5 Å². The van der Waals surface area contributed by atoms with Crippen molar-refractivity contribution < 1.29 is 220 Å². The van der Waals surface area contributed by atoms with Crippen LogP contribution in [0.1, 0.15) is 38.4 Å². The quantitative estimate of drug-likeness (QED) is 0.0502. The number of fused-ring (bicyclic) bond motifs is 2. The number of carbonyl (C=O) groups excluding carboxylic acids is 2. The van der Waals surface area contributed by atoms with Gasteiger partial charge in [0.1, 0.15) is 41.3 Å². The van der Waals surface area contributed by atoms with Crippen molar-refractivity contribution in [2.45, 2.75) is 30.4 Å². The predicted molar refractivity (Wildman–Crippen MR) is 197 cm³/mol. The second-order valence-electron chi connectivity index (χ2n) is 13.2. The second kappa shape index (κ2) is 24.6. The Hall–Kier alpha value is -1.09. The van der Waals surface area contributed by atoms with Crippen molar-refractivity contribution in [1.29, 1.82) is 0 Å². The van der Waals surface area contributed by atoms with E-state index in [4.69, 9.17) is 19.4 Å². The average molecular weight is 977 g/mol. The number of aliphatic hydroxyl groups excluding tert-OH is 2. The molecule has 1 aromatic heterocycles. The number of anilines is 2. The number of carbonyl (C=O) groups is 2. The van der Waals surface area contributed by atoms with E-state index in [0.29, 0.717) is 0 Å². The summed E-state index contributed by atoms with van der Waals surface area (Å²) in [7, 11) is -11.8. The normalized spacial score (nSPS) is 18.0. The van der Waals surface area contributed by atoms with Gasteiger partial charge in [0.25, 0.3) is 13.7 Å². The molecule has 1 unspecified atom stereocenters. The Kier molecular flexibility index (Phi) is 22.8. The van der Waals surface area contributed by atoms with Crippen LogP contribution in [0.15, 0.2) is 105 Å². The van der Waals surface area contributed by atoms with Gasteiger partial charge in [-0.2, -0.15) is 4.98 Å². The van der Waals surface area contributed by atoms with E-state index in [1.807, 2.05) is 0 Å². The molecule has 28 heteroatoms. The summed E-state index contributed by atoms with van der Waals surface area (Å²) in [5.74, 6) is -5.90. The molecule has 0 saturated carbocycles. The first-order valence-corrected chi connectivity index (χ1v) is 20.3. The van der Waals surface area contributed by atoms with Gasteiger partial charge < -0.3 is 73.7 Å². The first kappa shape index (κ1) is 60.0. The molecule has 6 atom stereocenters. The van der Waals surface area contributed by atoms with Gasteiger partial charge in [0, 0.05) is 45.6 Å². The molecular formula is C37H27N4Na5O17P2. The van der Waals surface area contributed by atoms with Crippen molar-refractivity contribution in [3.8, 4) is 28.2 Å². The Labute approximate surface area is 477 Å². The molecule has 65 heavy (non-hydrogen) atoms. The molecule has 1 amide bonds. The van der Waals surface area contributed by atoms with Gasteiger partial charge >= 0.3 is 153 Å². The van der Waals surface area contributed by atoms with Crippen LogP contribution >= 0.6 is 15.4 Å². The number of nitrogens with two attached hydrogens (primary N) is 1. The number of hydrogen-bond acceptors (Lipinski definition) is 19. The Morgan fingerprint density at radius 1 is 0.892 bits per heavy atom. The molecule has 3 aromatic carbocycles. The maximum atomic E-state index is 13.6. The average Bonchev–Trinajstić information content (AvgIpc) is 3.46. The van der Waals surface area contributed by atoms with E-state index in [0.717, 1.165) is 53.2 Å². The number of benzene rings is 4. The third-order valence-corrected chi connectivity index (χ3v) is 11.3. The van der Waals surface area contributed by atoms with Gasteiger partial charge in [0.2, 0.25) is 0 Å². The summed E-state index contributed by atoms with van der Waals surface area (Å²) >= 11 is 0. The summed E-state index contributed by atoms with van der Waals surface area (Å²) in [5.41, 5.74) is 3.05. The molecule has 4 aromatic rings. The second-order valence-corrected chi connectivity index (χ2v) is 16.2. The van der Waals surface area contributed by atoms with E-state index in [1.54, 1.807) is 0 Å². The number of ether oxygens (including phenoxy) is 1. The maximum Gasteiger partial charge on any atom is 1.00 e. The predicted octanol–water partition coefficient (Wildman–Crippen LogP) is -15.9. The van der Waals surface area contributed by atoms with Gasteiger partial charge in [-0.05, 0) is 67.3 Å². The number of carboxylic acid groups (broad SMARTS) is 1. The smallest absolute Gasteiger partial charge is 0.872 e. The number of aromatic carboxylic acids is 1. The largest absolute Gasteiger partial charge is 1.00 e. The third kappa shape index (κ3) is 13.8. The molecule has 312 valence electrons. The van der Waals surface area contributed by atoms with Crippen LogP contribution in [0.2, 0.25) is 0 Å². The van der Waals surface area contributed by atoms with Gasteiger partial charge in [0.05, 0.1) is 12.6 Å².